The maximum absolute atomic E-state index is 11.5. The minimum atomic E-state index is -3.10. The summed E-state index contributed by atoms with van der Waals surface area (Å²) in [5.74, 6) is 1.94. The van der Waals surface area contributed by atoms with Gasteiger partial charge >= 0.3 is 0 Å². The molecular formula is C16H26N4O4S. The van der Waals surface area contributed by atoms with Gasteiger partial charge in [0.05, 0.1) is 26.2 Å². The Hall–Kier alpha value is -2.00. The molecule has 9 heteroatoms. The maximum Gasteiger partial charge on any atom is 0.211 e. The van der Waals surface area contributed by atoms with Crippen molar-refractivity contribution in [1.29, 1.82) is 0 Å². The lowest BCUT2D eigenvalue weighted by Crippen LogP contribution is -2.38. The molecule has 0 aromatic heterocycles. The average Bonchev–Trinajstić information content (AvgIpc) is 2.59. The van der Waals surface area contributed by atoms with Gasteiger partial charge < -0.3 is 20.5 Å². The quantitative estimate of drug-likeness (QED) is 0.574. The molecule has 8 nitrogen and oxygen atoms in total. The van der Waals surface area contributed by atoms with E-state index < -0.39 is 10.0 Å². The van der Waals surface area contributed by atoms with Gasteiger partial charge in [0.2, 0.25) is 10.0 Å². The second kappa shape index (κ2) is 8.39. The van der Waals surface area contributed by atoms with Crippen LogP contribution in [0, 0.1) is 5.92 Å². The number of guanidine groups is 1. The van der Waals surface area contributed by atoms with Crippen LogP contribution in [-0.2, 0) is 10.0 Å². The van der Waals surface area contributed by atoms with Crippen LogP contribution >= 0.6 is 0 Å². The number of hydrogen-bond acceptors (Lipinski definition) is 5. The fraction of sp³-hybridized carbons (Fsp3) is 0.562. The van der Waals surface area contributed by atoms with E-state index in [0.717, 1.165) is 12.8 Å². The van der Waals surface area contributed by atoms with E-state index in [4.69, 9.17) is 15.2 Å². The molecule has 0 spiro atoms. The van der Waals surface area contributed by atoms with Gasteiger partial charge in [-0.25, -0.2) is 12.7 Å². The van der Waals surface area contributed by atoms with Crippen LogP contribution in [0.5, 0.6) is 11.5 Å². The van der Waals surface area contributed by atoms with E-state index in [1.54, 1.807) is 32.4 Å². The van der Waals surface area contributed by atoms with Gasteiger partial charge in [-0.2, -0.15) is 0 Å². The summed E-state index contributed by atoms with van der Waals surface area (Å²) >= 11 is 0. The number of nitrogens with one attached hydrogen (secondary N) is 1. The Morgan fingerprint density at radius 1 is 1.32 bits per heavy atom. The van der Waals surface area contributed by atoms with Crippen molar-refractivity contribution in [3.63, 3.8) is 0 Å². The third-order valence-electron chi connectivity index (χ3n) is 4.23. The molecule has 1 fully saturated rings. The fourth-order valence-corrected chi connectivity index (χ4v) is 3.61. The Kier molecular flexibility index (Phi) is 6.49. The molecular weight excluding hydrogens is 344 g/mol. The molecule has 3 N–H and O–H groups in total. The minimum absolute atomic E-state index is 0.289. The van der Waals surface area contributed by atoms with Gasteiger partial charge in [-0.15, -0.1) is 0 Å². The highest BCUT2D eigenvalue weighted by atomic mass is 32.2. The lowest BCUT2D eigenvalue weighted by Gasteiger charge is -2.29. The Labute approximate surface area is 149 Å². The topological polar surface area (TPSA) is 106 Å². The summed E-state index contributed by atoms with van der Waals surface area (Å²) in [7, 11) is 0.0675. The summed E-state index contributed by atoms with van der Waals surface area (Å²) in [5.41, 5.74) is 6.65. The first-order valence-electron chi connectivity index (χ1n) is 8.07. The summed E-state index contributed by atoms with van der Waals surface area (Å²) in [6.45, 7) is 1.63. The molecule has 0 saturated carbocycles. The predicted molar refractivity (Wildman–Crippen MR) is 98.8 cm³/mol. The van der Waals surface area contributed by atoms with Crippen molar-refractivity contribution in [2.75, 3.05) is 45.4 Å². The van der Waals surface area contributed by atoms with Crippen LogP contribution in [0.4, 0.5) is 5.69 Å². The second-order valence-corrected chi connectivity index (χ2v) is 8.00. The molecule has 1 aliphatic rings. The van der Waals surface area contributed by atoms with Crippen molar-refractivity contribution in [3.05, 3.63) is 18.2 Å². The number of piperidine rings is 1. The first-order chi connectivity index (χ1) is 11.8. The van der Waals surface area contributed by atoms with E-state index in [1.807, 2.05) is 0 Å². The van der Waals surface area contributed by atoms with Crippen molar-refractivity contribution in [2.45, 2.75) is 12.8 Å². The van der Waals surface area contributed by atoms with Crippen LogP contribution < -0.4 is 20.5 Å². The minimum Gasteiger partial charge on any atom is -0.497 e. The number of sulfonamides is 1. The van der Waals surface area contributed by atoms with Crippen LogP contribution in [0.2, 0.25) is 0 Å². The molecule has 0 amide bonds. The number of aliphatic imine (C=N–C) groups is 1. The monoisotopic (exact) mass is 370 g/mol. The van der Waals surface area contributed by atoms with Crippen LogP contribution in [0.15, 0.2) is 23.2 Å². The van der Waals surface area contributed by atoms with Gasteiger partial charge in [0.1, 0.15) is 11.5 Å². The fourth-order valence-electron chi connectivity index (χ4n) is 2.74. The number of rotatable bonds is 6. The number of nitrogens with two attached hydrogens (primary N) is 1. The molecule has 140 valence electrons. The zero-order valence-electron chi connectivity index (χ0n) is 14.9. The zero-order chi connectivity index (χ0) is 18.4. The summed E-state index contributed by atoms with van der Waals surface area (Å²) in [6.07, 6.45) is 2.81. The van der Waals surface area contributed by atoms with E-state index in [2.05, 4.69) is 10.3 Å². The van der Waals surface area contributed by atoms with E-state index in [9.17, 15) is 8.42 Å². The molecule has 25 heavy (non-hydrogen) atoms. The van der Waals surface area contributed by atoms with Gasteiger partial charge in [0, 0.05) is 25.7 Å². The number of anilines is 1. The number of hydrogen-bond donors (Lipinski definition) is 2. The molecule has 0 unspecified atom stereocenters. The first-order valence-corrected chi connectivity index (χ1v) is 9.92. The molecule has 1 aromatic rings. The highest BCUT2D eigenvalue weighted by Gasteiger charge is 2.24. The van der Waals surface area contributed by atoms with Crippen LogP contribution in [0.3, 0.4) is 0 Å². The highest BCUT2D eigenvalue weighted by Crippen LogP contribution is 2.28. The molecule has 1 aromatic carbocycles. The molecule has 0 atom stereocenters. The summed E-state index contributed by atoms with van der Waals surface area (Å²) < 4.78 is 35.0. The Bertz CT molecular complexity index is 713. The maximum atomic E-state index is 11.5. The molecule has 0 radical (unpaired) electrons. The van der Waals surface area contributed by atoms with Crippen molar-refractivity contribution in [3.8, 4) is 11.5 Å². The number of methoxy groups -OCH3 is 2. The van der Waals surface area contributed by atoms with E-state index in [1.165, 1.54) is 10.6 Å². The Morgan fingerprint density at radius 2 is 2.00 bits per heavy atom. The van der Waals surface area contributed by atoms with E-state index in [0.29, 0.717) is 42.7 Å². The molecule has 2 rings (SSSR count). The molecule has 1 aliphatic heterocycles. The number of benzene rings is 1. The third kappa shape index (κ3) is 5.50. The third-order valence-corrected chi connectivity index (χ3v) is 5.53. The molecule has 0 aliphatic carbocycles. The smallest absolute Gasteiger partial charge is 0.211 e. The normalized spacial score (nSPS) is 17.3. The van der Waals surface area contributed by atoms with Crippen LogP contribution in [0.25, 0.3) is 0 Å². The van der Waals surface area contributed by atoms with Gasteiger partial charge in [-0.3, -0.25) is 4.99 Å². The first kappa shape index (κ1) is 19.3. The second-order valence-electron chi connectivity index (χ2n) is 6.02. The summed E-state index contributed by atoms with van der Waals surface area (Å²) in [6, 6.07) is 5.37. The standard InChI is InChI=1S/C16H26N4O4S/c1-23-13-4-5-15(24-2)14(10-13)19-16(17)18-11-12-6-8-20(9-7-12)25(3,21)22/h4-5,10,12H,6-9,11H2,1-3H3,(H3,17,18,19). The zero-order valence-corrected chi connectivity index (χ0v) is 15.7. The number of ether oxygens (including phenoxy) is 2. The van der Waals surface area contributed by atoms with Gasteiger partial charge in [0.25, 0.3) is 0 Å². The van der Waals surface area contributed by atoms with E-state index >= 15 is 0 Å². The van der Waals surface area contributed by atoms with Crippen molar-refractivity contribution in [2.24, 2.45) is 16.6 Å². The van der Waals surface area contributed by atoms with Crippen LogP contribution in [0.1, 0.15) is 12.8 Å². The molecule has 0 bridgehead atoms. The van der Waals surface area contributed by atoms with Gasteiger partial charge in [0.15, 0.2) is 5.96 Å². The largest absolute Gasteiger partial charge is 0.497 e. The average molecular weight is 370 g/mol. The summed E-state index contributed by atoms with van der Waals surface area (Å²) in [5, 5.41) is 3.03. The lowest BCUT2D eigenvalue weighted by molar-refractivity contribution is 0.280. The predicted octanol–water partition coefficient (Wildman–Crippen LogP) is 1.10. The number of nitrogens with zero attached hydrogens (tertiary/aromatic N) is 2. The Balaban J connectivity index is 1.93. The molecule has 1 heterocycles. The van der Waals surface area contributed by atoms with E-state index in [-0.39, 0.29) is 5.96 Å². The summed E-state index contributed by atoms with van der Waals surface area (Å²) in [4.78, 5) is 4.38. The lowest BCUT2D eigenvalue weighted by atomic mass is 9.98. The van der Waals surface area contributed by atoms with Gasteiger partial charge in [-0.1, -0.05) is 0 Å². The highest BCUT2D eigenvalue weighted by molar-refractivity contribution is 7.88. The van der Waals surface area contributed by atoms with Crippen molar-refractivity contribution < 1.29 is 17.9 Å². The van der Waals surface area contributed by atoms with Crippen molar-refractivity contribution >= 4 is 21.7 Å². The molecule has 1 saturated heterocycles. The van der Waals surface area contributed by atoms with Crippen LogP contribution in [-0.4, -0.2) is 58.8 Å². The van der Waals surface area contributed by atoms with Crippen molar-refractivity contribution in [1.82, 2.24) is 4.31 Å². The SMILES string of the molecule is COc1ccc(OC)c(NC(N)=NCC2CCN(S(C)(=O)=O)CC2)c1. The Morgan fingerprint density at radius 3 is 2.56 bits per heavy atom. The van der Waals surface area contributed by atoms with Gasteiger partial charge in [-0.05, 0) is 30.9 Å².